The van der Waals surface area contributed by atoms with Crippen molar-refractivity contribution in [2.75, 3.05) is 13.1 Å². The molecule has 0 spiro atoms. The Morgan fingerprint density at radius 2 is 1.75 bits per heavy atom. The van der Waals surface area contributed by atoms with Gasteiger partial charge in [-0.15, -0.1) is 0 Å². The first kappa shape index (κ1) is 9.56. The second-order valence-corrected chi connectivity index (χ2v) is 3.65. The summed E-state index contributed by atoms with van der Waals surface area (Å²) in [7, 11) is 0. The maximum atomic E-state index is 7.90. The number of nitrogens with one attached hydrogen (secondary N) is 1. The minimum Gasteiger partial charge on any atom is -0.360 e. The van der Waals surface area contributed by atoms with E-state index in [1.807, 2.05) is 0 Å². The van der Waals surface area contributed by atoms with Crippen LogP contribution in [0.3, 0.4) is 0 Å². The Morgan fingerprint density at radius 1 is 1.25 bits per heavy atom. The summed E-state index contributed by atoms with van der Waals surface area (Å²) >= 11 is 0. The molecule has 1 aliphatic carbocycles. The van der Waals surface area contributed by atoms with E-state index in [0.717, 1.165) is 31.8 Å². The molecule has 0 unspecified atom stereocenters. The average molecular weight is 168 g/mol. The molecule has 0 atom stereocenters. The molecule has 2 nitrogen and oxygen atoms in total. The van der Waals surface area contributed by atoms with Crippen LogP contribution in [0.5, 0.6) is 0 Å². The van der Waals surface area contributed by atoms with Crippen molar-refractivity contribution in [2.45, 2.75) is 39.5 Å². The van der Waals surface area contributed by atoms with Gasteiger partial charge in [-0.25, -0.2) is 0 Å². The number of rotatable bonds is 5. The van der Waals surface area contributed by atoms with Gasteiger partial charge < -0.3 is 4.90 Å². The van der Waals surface area contributed by atoms with Crippen molar-refractivity contribution in [1.29, 1.82) is 5.41 Å². The first-order valence-electron chi connectivity index (χ1n) is 5.13. The van der Waals surface area contributed by atoms with E-state index in [-0.39, 0.29) is 0 Å². The highest BCUT2D eigenvalue weighted by atomic mass is 15.2. The van der Waals surface area contributed by atoms with E-state index in [0.29, 0.717) is 5.92 Å². The highest BCUT2D eigenvalue weighted by Crippen LogP contribution is 2.31. The Hall–Kier alpha value is -0.530. The lowest BCUT2D eigenvalue weighted by molar-refractivity contribution is 0.403. The minimum absolute atomic E-state index is 0.614. The standard InChI is InChI=1S/C10H20N2/c1-3-7-12(8-4-2)10(11)9-5-6-9/h9,11H,3-8H2,1-2H3. The van der Waals surface area contributed by atoms with Gasteiger partial charge in [-0.1, -0.05) is 13.8 Å². The first-order valence-corrected chi connectivity index (χ1v) is 5.13. The highest BCUT2D eigenvalue weighted by Gasteiger charge is 2.29. The third-order valence-corrected chi connectivity index (χ3v) is 2.29. The lowest BCUT2D eigenvalue weighted by Gasteiger charge is -2.23. The number of nitrogens with zero attached hydrogens (tertiary/aromatic N) is 1. The summed E-state index contributed by atoms with van der Waals surface area (Å²) in [6, 6.07) is 0. The Balaban J connectivity index is 2.33. The maximum absolute atomic E-state index is 7.90. The molecule has 0 aliphatic heterocycles. The zero-order chi connectivity index (χ0) is 8.97. The van der Waals surface area contributed by atoms with Gasteiger partial charge in [0.05, 0.1) is 5.84 Å². The van der Waals surface area contributed by atoms with E-state index in [9.17, 15) is 0 Å². The molecule has 1 rings (SSSR count). The number of amidine groups is 1. The quantitative estimate of drug-likeness (QED) is 0.495. The Bertz CT molecular complexity index is 144. The normalized spacial score (nSPS) is 16.2. The molecule has 0 aromatic carbocycles. The third-order valence-electron chi connectivity index (χ3n) is 2.29. The molecule has 0 radical (unpaired) electrons. The summed E-state index contributed by atoms with van der Waals surface area (Å²) in [6.45, 7) is 6.51. The van der Waals surface area contributed by atoms with Crippen molar-refractivity contribution < 1.29 is 0 Å². The summed E-state index contributed by atoms with van der Waals surface area (Å²) in [5.41, 5.74) is 0. The SMILES string of the molecule is CCCN(CCC)C(=N)C1CC1. The maximum Gasteiger partial charge on any atom is 0.0989 e. The van der Waals surface area contributed by atoms with E-state index >= 15 is 0 Å². The monoisotopic (exact) mass is 168 g/mol. The summed E-state index contributed by atoms with van der Waals surface area (Å²) in [6.07, 6.45) is 4.83. The molecule has 0 heterocycles. The molecule has 0 bridgehead atoms. The Kier molecular flexibility index (Phi) is 3.57. The van der Waals surface area contributed by atoms with E-state index in [1.54, 1.807) is 0 Å². The van der Waals surface area contributed by atoms with Gasteiger partial charge in [0.1, 0.15) is 0 Å². The van der Waals surface area contributed by atoms with E-state index in [4.69, 9.17) is 5.41 Å². The summed E-state index contributed by atoms with van der Waals surface area (Å²) in [5.74, 6) is 1.52. The largest absolute Gasteiger partial charge is 0.360 e. The van der Waals surface area contributed by atoms with Gasteiger partial charge in [0.2, 0.25) is 0 Å². The molecular formula is C10H20N2. The van der Waals surface area contributed by atoms with Crippen molar-refractivity contribution >= 4 is 5.84 Å². The van der Waals surface area contributed by atoms with Crippen molar-refractivity contribution in [3.63, 3.8) is 0 Å². The smallest absolute Gasteiger partial charge is 0.0989 e. The van der Waals surface area contributed by atoms with E-state index < -0.39 is 0 Å². The number of hydrogen-bond acceptors (Lipinski definition) is 1. The minimum atomic E-state index is 0.614. The predicted octanol–water partition coefficient (Wildman–Crippen LogP) is 2.50. The second kappa shape index (κ2) is 4.48. The van der Waals surface area contributed by atoms with Crippen LogP contribution in [0, 0.1) is 11.3 Å². The summed E-state index contributed by atoms with van der Waals surface area (Å²) < 4.78 is 0. The van der Waals surface area contributed by atoms with Crippen LogP contribution in [0.4, 0.5) is 0 Å². The lowest BCUT2D eigenvalue weighted by Crippen LogP contribution is -2.33. The Morgan fingerprint density at radius 3 is 2.08 bits per heavy atom. The average Bonchev–Trinajstić information content (AvgIpc) is 2.85. The van der Waals surface area contributed by atoms with Crippen molar-refractivity contribution in [2.24, 2.45) is 5.92 Å². The predicted molar refractivity (Wildman–Crippen MR) is 52.6 cm³/mol. The van der Waals surface area contributed by atoms with Gasteiger partial charge in [0.25, 0.3) is 0 Å². The van der Waals surface area contributed by atoms with Crippen LogP contribution in [0.2, 0.25) is 0 Å². The zero-order valence-electron chi connectivity index (χ0n) is 8.27. The fourth-order valence-corrected chi connectivity index (χ4v) is 1.51. The Labute approximate surface area is 75.5 Å². The molecule has 12 heavy (non-hydrogen) atoms. The van der Waals surface area contributed by atoms with Crippen molar-refractivity contribution in [1.82, 2.24) is 4.90 Å². The molecule has 1 saturated carbocycles. The van der Waals surface area contributed by atoms with Gasteiger partial charge in [-0.2, -0.15) is 0 Å². The van der Waals surface area contributed by atoms with Crippen molar-refractivity contribution in [3.05, 3.63) is 0 Å². The van der Waals surface area contributed by atoms with Crippen LogP contribution < -0.4 is 0 Å². The first-order chi connectivity index (χ1) is 5.79. The van der Waals surface area contributed by atoms with Gasteiger partial charge in [0.15, 0.2) is 0 Å². The lowest BCUT2D eigenvalue weighted by atomic mass is 10.3. The molecule has 1 aliphatic rings. The molecule has 0 aromatic rings. The fourth-order valence-electron chi connectivity index (χ4n) is 1.51. The van der Waals surface area contributed by atoms with Gasteiger partial charge in [-0.05, 0) is 25.7 Å². The molecule has 0 saturated heterocycles. The molecular weight excluding hydrogens is 148 g/mol. The molecule has 0 aromatic heterocycles. The fraction of sp³-hybridized carbons (Fsp3) is 0.900. The van der Waals surface area contributed by atoms with E-state index in [1.165, 1.54) is 12.8 Å². The topological polar surface area (TPSA) is 27.1 Å². The van der Waals surface area contributed by atoms with Crippen LogP contribution in [-0.4, -0.2) is 23.8 Å². The van der Waals surface area contributed by atoms with Gasteiger partial charge in [-0.3, -0.25) is 5.41 Å². The summed E-state index contributed by atoms with van der Waals surface area (Å²) in [5, 5.41) is 7.90. The van der Waals surface area contributed by atoms with E-state index in [2.05, 4.69) is 18.7 Å². The molecule has 1 fully saturated rings. The molecule has 1 N–H and O–H groups in total. The van der Waals surface area contributed by atoms with Crippen molar-refractivity contribution in [3.8, 4) is 0 Å². The van der Waals surface area contributed by atoms with Crippen LogP contribution >= 0.6 is 0 Å². The molecule has 2 heteroatoms. The van der Waals surface area contributed by atoms with Crippen LogP contribution in [0.1, 0.15) is 39.5 Å². The van der Waals surface area contributed by atoms with Gasteiger partial charge in [0, 0.05) is 19.0 Å². The third kappa shape index (κ3) is 2.50. The zero-order valence-corrected chi connectivity index (χ0v) is 8.27. The highest BCUT2D eigenvalue weighted by molar-refractivity contribution is 5.83. The van der Waals surface area contributed by atoms with Gasteiger partial charge >= 0.3 is 0 Å². The molecule has 0 amide bonds. The molecule has 70 valence electrons. The second-order valence-electron chi connectivity index (χ2n) is 3.65. The number of hydrogen-bond donors (Lipinski definition) is 1. The van der Waals surface area contributed by atoms with Crippen LogP contribution in [-0.2, 0) is 0 Å². The summed E-state index contributed by atoms with van der Waals surface area (Å²) in [4.78, 5) is 2.25. The van der Waals surface area contributed by atoms with Crippen LogP contribution in [0.15, 0.2) is 0 Å². The van der Waals surface area contributed by atoms with Crippen LogP contribution in [0.25, 0.3) is 0 Å².